The first-order chi connectivity index (χ1) is 7.89. The number of halogens is 3. The predicted octanol–water partition coefficient (Wildman–Crippen LogP) is 1.14. The number of amides is 1. The molecule has 0 atom stereocenters. The van der Waals surface area contributed by atoms with Crippen molar-refractivity contribution in [3.8, 4) is 5.88 Å². The van der Waals surface area contributed by atoms with Crippen LogP contribution in [-0.2, 0) is 11.0 Å². The smallest absolute Gasteiger partial charge is 0.433 e. The summed E-state index contributed by atoms with van der Waals surface area (Å²) in [6.45, 7) is 0.0667. The second-order valence-electron chi connectivity index (χ2n) is 3.16. The van der Waals surface area contributed by atoms with Gasteiger partial charge in [0.1, 0.15) is 6.33 Å². The number of primary amides is 1. The minimum absolute atomic E-state index is 0.0667. The Labute approximate surface area is 94.8 Å². The van der Waals surface area contributed by atoms with Crippen LogP contribution < -0.4 is 10.5 Å². The van der Waals surface area contributed by atoms with Crippen LogP contribution in [0.2, 0.25) is 0 Å². The van der Waals surface area contributed by atoms with E-state index in [-0.39, 0.29) is 18.9 Å². The van der Waals surface area contributed by atoms with Gasteiger partial charge in [-0.05, 0) is 6.42 Å². The summed E-state index contributed by atoms with van der Waals surface area (Å²) in [4.78, 5) is 17.0. The number of alkyl halides is 3. The average Bonchev–Trinajstić information content (AvgIpc) is 2.23. The van der Waals surface area contributed by atoms with Crippen LogP contribution in [0.15, 0.2) is 12.4 Å². The lowest BCUT2D eigenvalue weighted by Crippen LogP contribution is -2.12. The first kappa shape index (κ1) is 13.2. The van der Waals surface area contributed by atoms with Gasteiger partial charge in [-0.15, -0.1) is 0 Å². The molecule has 1 aromatic heterocycles. The zero-order valence-electron chi connectivity index (χ0n) is 8.70. The third-order valence-corrected chi connectivity index (χ3v) is 1.75. The van der Waals surface area contributed by atoms with Crippen LogP contribution in [0.5, 0.6) is 5.88 Å². The number of hydrogen-bond donors (Lipinski definition) is 1. The van der Waals surface area contributed by atoms with Gasteiger partial charge in [-0.1, -0.05) is 0 Å². The summed E-state index contributed by atoms with van der Waals surface area (Å²) in [7, 11) is 0. The Kier molecular flexibility index (Phi) is 4.24. The standard InChI is InChI=1S/C9H10F3N3O2/c10-9(11,12)6-4-8(15-5-14-6)17-3-1-2-7(13)16/h4-5H,1-3H2,(H2,13,16). The van der Waals surface area contributed by atoms with Crippen molar-refractivity contribution in [2.45, 2.75) is 19.0 Å². The highest BCUT2D eigenvalue weighted by Gasteiger charge is 2.33. The molecule has 0 aliphatic heterocycles. The Hall–Kier alpha value is -1.86. The van der Waals surface area contributed by atoms with E-state index < -0.39 is 17.8 Å². The normalized spacial score (nSPS) is 11.2. The maximum Gasteiger partial charge on any atom is 0.433 e. The van der Waals surface area contributed by atoms with Crippen molar-refractivity contribution in [2.24, 2.45) is 5.73 Å². The number of nitrogens with zero attached hydrogens (tertiary/aromatic N) is 2. The molecule has 17 heavy (non-hydrogen) atoms. The number of nitrogens with two attached hydrogens (primary N) is 1. The van der Waals surface area contributed by atoms with E-state index in [2.05, 4.69) is 9.97 Å². The number of hydrogen-bond acceptors (Lipinski definition) is 4. The molecule has 0 saturated heterocycles. The molecule has 1 heterocycles. The highest BCUT2D eigenvalue weighted by atomic mass is 19.4. The Bertz CT molecular complexity index is 395. The van der Waals surface area contributed by atoms with E-state index in [4.69, 9.17) is 10.5 Å². The highest BCUT2D eigenvalue weighted by Crippen LogP contribution is 2.28. The van der Waals surface area contributed by atoms with Crippen LogP contribution >= 0.6 is 0 Å². The number of aromatic nitrogens is 2. The number of ether oxygens (including phenoxy) is 1. The summed E-state index contributed by atoms with van der Waals surface area (Å²) in [5.74, 6) is -0.677. The molecule has 0 saturated carbocycles. The second kappa shape index (κ2) is 5.46. The van der Waals surface area contributed by atoms with Gasteiger partial charge in [0.25, 0.3) is 0 Å². The van der Waals surface area contributed by atoms with Crippen molar-refractivity contribution in [3.05, 3.63) is 18.1 Å². The highest BCUT2D eigenvalue weighted by molar-refractivity contribution is 5.73. The van der Waals surface area contributed by atoms with Crippen LogP contribution in [0.1, 0.15) is 18.5 Å². The van der Waals surface area contributed by atoms with Gasteiger partial charge >= 0.3 is 6.18 Å². The zero-order valence-corrected chi connectivity index (χ0v) is 8.70. The first-order valence-corrected chi connectivity index (χ1v) is 4.70. The van der Waals surface area contributed by atoms with Crippen LogP contribution in [-0.4, -0.2) is 22.5 Å². The minimum Gasteiger partial charge on any atom is -0.478 e. The van der Waals surface area contributed by atoms with Crippen LogP contribution in [0.3, 0.4) is 0 Å². The van der Waals surface area contributed by atoms with Gasteiger partial charge in [-0.2, -0.15) is 13.2 Å². The van der Waals surface area contributed by atoms with E-state index in [9.17, 15) is 18.0 Å². The van der Waals surface area contributed by atoms with Crippen LogP contribution in [0, 0.1) is 0 Å². The Morgan fingerprint density at radius 2 is 2.12 bits per heavy atom. The van der Waals surface area contributed by atoms with E-state index in [0.29, 0.717) is 12.5 Å². The molecule has 5 nitrogen and oxygen atoms in total. The summed E-state index contributed by atoms with van der Waals surface area (Å²) in [5.41, 5.74) is 3.81. The Morgan fingerprint density at radius 3 is 2.71 bits per heavy atom. The second-order valence-corrected chi connectivity index (χ2v) is 3.16. The summed E-state index contributed by atoms with van der Waals surface area (Å²) >= 11 is 0. The van der Waals surface area contributed by atoms with E-state index >= 15 is 0 Å². The molecular weight excluding hydrogens is 239 g/mol. The average molecular weight is 249 g/mol. The lowest BCUT2D eigenvalue weighted by Gasteiger charge is -2.07. The fraction of sp³-hybridized carbons (Fsp3) is 0.444. The van der Waals surface area contributed by atoms with E-state index in [1.54, 1.807) is 0 Å². The molecule has 2 N–H and O–H groups in total. The Morgan fingerprint density at radius 1 is 1.41 bits per heavy atom. The quantitative estimate of drug-likeness (QED) is 0.794. The molecule has 1 rings (SSSR count). The van der Waals surface area contributed by atoms with Gasteiger partial charge in [-0.3, -0.25) is 4.79 Å². The van der Waals surface area contributed by atoms with Crippen LogP contribution in [0.4, 0.5) is 13.2 Å². The molecule has 8 heteroatoms. The molecule has 94 valence electrons. The molecule has 0 fully saturated rings. The van der Waals surface area contributed by atoms with Crippen molar-refractivity contribution in [1.29, 1.82) is 0 Å². The third kappa shape index (κ3) is 4.66. The number of carbonyl (C=O) groups is 1. The van der Waals surface area contributed by atoms with Gasteiger partial charge in [0, 0.05) is 12.5 Å². The molecule has 0 radical (unpaired) electrons. The third-order valence-electron chi connectivity index (χ3n) is 1.75. The zero-order chi connectivity index (χ0) is 12.9. The topological polar surface area (TPSA) is 78.1 Å². The van der Waals surface area contributed by atoms with Gasteiger partial charge in [0.2, 0.25) is 11.8 Å². The van der Waals surface area contributed by atoms with E-state index in [1.165, 1.54) is 0 Å². The van der Waals surface area contributed by atoms with Gasteiger partial charge < -0.3 is 10.5 Å². The van der Waals surface area contributed by atoms with Gasteiger partial charge in [0.05, 0.1) is 6.61 Å². The lowest BCUT2D eigenvalue weighted by atomic mass is 10.3. The number of rotatable bonds is 5. The van der Waals surface area contributed by atoms with Gasteiger partial charge in [-0.25, -0.2) is 9.97 Å². The molecule has 0 spiro atoms. The minimum atomic E-state index is -4.53. The summed E-state index contributed by atoms with van der Waals surface area (Å²) in [5, 5.41) is 0. The molecule has 1 amide bonds. The molecule has 0 bridgehead atoms. The molecule has 0 aliphatic rings. The molecular formula is C9H10F3N3O2. The van der Waals surface area contributed by atoms with Crippen molar-refractivity contribution < 1.29 is 22.7 Å². The lowest BCUT2D eigenvalue weighted by molar-refractivity contribution is -0.141. The summed E-state index contributed by atoms with van der Waals surface area (Å²) < 4.78 is 41.7. The largest absolute Gasteiger partial charge is 0.478 e. The molecule has 0 unspecified atom stereocenters. The maximum absolute atomic E-state index is 12.3. The molecule has 0 aliphatic carbocycles. The van der Waals surface area contributed by atoms with Gasteiger partial charge in [0.15, 0.2) is 5.69 Å². The van der Waals surface area contributed by atoms with E-state index in [0.717, 1.165) is 6.33 Å². The fourth-order valence-electron chi connectivity index (χ4n) is 0.997. The van der Waals surface area contributed by atoms with Crippen molar-refractivity contribution in [3.63, 3.8) is 0 Å². The maximum atomic E-state index is 12.3. The number of carbonyl (C=O) groups excluding carboxylic acids is 1. The first-order valence-electron chi connectivity index (χ1n) is 4.70. The fourth-order valence-corrected chi connectivity index (χ4v) is 0.997. The summed E-state index contributed by atoms with van der Waals surface area (Å²) in [6.07, 6.45) is -3.33. The van der Waals surface area contributed by atoms with Crippen LogP contribution in [0.25, 0.3) is 0 Å². The SMILES string of the molecule is NC(=O)CCCOc1cc(C(F)(F)F)ncn1. The predicted molar refractivity (Wildman–Crippen MR) is 51.0 cm³/mol. The monoisotopic (exact) mass is 249 g/mol. The Balaban J connectivity index is 2.52. The molecule has 0 aromatic carbocycles. The van der Waals surface area contributed by atoms with Crippen molar-refractivity contribution >= 4 is 5.91 Å². The summed E-state index contributed by atoms with van der Waals surface area (Å²) in [6, 6.07) is 0.699. The van der Waals surface area contributed by atoms with Crippen molar-refractivity contribution in [2.75, 3.05) is 6.61 Å². The van der Waals surface area contributed by atoms with E-state index in [1.807, 2.05) is 0 Å². The van der Waals surface area contributed by atoms with Crippen molar-refractivity contribution in [1.82, 2.24) is 9.97 Å². The molecule has 1 aromatic rings.